The number of carbonyl (C=O) groups excluding carboxylic acids is 2. The summed E-state index contributed by atoms with van der Waals surface area (Å²) in [5.41, 5.74) is 1.87. The molecule has 29 heavy (non-hydrogen) atoms. The van der Waals surface area contributed by atoms with E-state index in [1.54, 1.807) is 0 Å². The highest BCUT2D eigenvalue weighted by Gasteiger charge is 2.56. The average molecular weight is 399 g/mol. The fourth-order valence-electron chi connectivity index (χ4n) is 5.81. The Kier molecular flexibility index (Phi) is 5.09. The Balaban J connectivity index is 1.39. The number of carbonyl (C=O) groups is 2. The number of amides is 3. The van der Waals surface area contributed by atoms with E-state index < -0.39 is 5.54 Å². The first-order valence-electron chi connectivity index (χ1n) is 10.9. The Morgan fingerprint density at radius 3 is 2.48 bits per heavy atom. The van der Waals surface area contributed by atoms with Crippen molar-refractivity contribution in [3.63, 3.8) is 0 Å². The number of benzene rings is 1. The van der Waals surface area contributed by atoms with Crippen LogP contribution in [0.2, 0.25) is 0 Å². The van der Waals surface area contributed by atoms with Crippen molar-refractivity contribution in [2.24, 2.45) is 11.3 Å². The number of imide groups is 1. The van der Waals surface area contributed by atoms with Crippen LogP contribution < -0.4 is 10.2 Å². The maximum atomic E-state index is 13.3. The van der Waals surface area contributed by atoms with Crippen molar-refractivity contribution >= 4 is 17.6 Å². The molecular formula is C23H34N4O2. The zero-order valence-electron chi connectivity index (χ0n) is 18.2. The standard InChI is InChI=1S/C23H34N4O2/c1-17-6-5-7-19(12-17)26-10-8-25(9-11-26)16-27-20(28)23(24-21(27)29)14-18(2)13-22(3,4)15-23/h5-7,12,18H,8-11,13-16H2,1-4H3,(H,24,29). The van der Waals surface area contributed by atoms with Crippen LogP contribution in [0, 0.1) is 18.3 Å². The van der Waals surface area contributed by atoms with Gasteiger partial charge in [0.05, 0.1) is 6.67 Å². The number of aryl methyl sites for hydroxylation is 1. The van der Waals surface area contributed by atoms with Crippen LogP contribution in [0.4, 0.5) is 10.5 Å². The van der Waals surface area contributed by atoms with E-state index in [2.05, 4.69) is 67.1 Å². The highest BCUT2D eigenvalue weighted by atomic mass is 16.2. The molecule has 3 amide bonds. The molecule has 1 aromatic carbocycles. The quantitative estimate of drug-likeness (QED) is 0.795. The van der Waals surface area contributed by atoms with Gasteiger partial charge in [0.25, 0.3) is 5.91 Å². The maximum absolute atomic E-state index is 13.3. The second-order valence-electron chi connectivity index (χ2n) is 10.2. The van der Waals surface area contributed by atoms with Gasteiger partial charge >= 0.3 is 6.03 Å². The summed E-state index contributed by atoms with van der Waals surface area (Å²) >= 11 is 0. The SMILES string of the molecule is Cc1cccc(N2CCN(CN3C(=O)NC4(CC(C)CC(C)(C)C4)C3=O)CC2)c1. The first kappa shape index (κ1) is 20.2. The van der Waals surface area contributed by atoms with Gasteiger partial charge in [-0.25, -0.2) is 9.69 Å². The number of piperazine rings is 1. The molecule has 1 aliphatic carbocycles. The van der Waals surface area contributed by atoms with Gasteiger partial charge in [-0.05, 0) is 55.2 Å². The fourth-order valence-corrected chi connectivity index (χ4v) is 5.81. The largest absolute Gasteiger partial charge is 0.369 e. The van der Waals surface area contributed by atoms with E-state index in [9.17, 15) is 9.59 Å². The molecule has 1 saturated carbocycles. The van der Waals surface area contributed by atoms with Crippen molar-refractivity contribution in [3.8, 4) is 0 Å². The van der Waals surface area contributed by atoms with Crippen LogP contribution in [0.5, 0.6) is 0 Å². The Hall–Kier alpha value is -2.08. The summed E-state index contributed by atoms with van der Waals surface area (Å²) in [7, 11) is 0. The number of hydrogen-bond donors (Lipinski definition) is 1. The molecule has 3 fully saturated rings. The third kappa shape index (κ3) is 4.00. The molecule has 0 bridgehead atoms. The molecule has 2 saturated heterocycles. The monoisotopic (exact) mass is 398 g/mol. The molecule has 6 nitrogen and oxygen atoms in total. The zero-order valence-corrected chi connectivity index (χ0v) is 18.2. The molecule has 1 aromatic rings. The smallest absolute Gasteiger partial charge is 0.326 e. The molecular weight excluding hydrogens is 364 g/mol. The summed E-state index contributed by atoms with van der Waals surface area (Å²) in [5.74, 6) is 0.407. The van der Waals surface area contributed by atoms with E-state index in [0.717, 1.165) is 45.4 Å². The second kappa shape index (κ2) is 7.31. The Bertz CT molecular complexity index is 800. The number of urea groups is 1. The van der Waals surface area contributed by atoms with Gasteiger partial charge in [0.2, 0.25) is 0 Å². The third-order valence-corrected chi connectivity index (χ3v) is 6.70. The van der Waals surface area contributed by atoms with Crippen LogP contribution in [0.3, 0.4) is 0 Å². The number of rotatable bonds is 3. The minimum absolute atomic E-state index is 0.0248. The number of nitrogens with zero attached hydrogens (tertiary/aromatic N) is 3. The lowest BCUT2D eigenvalue weighted by Gasteiger charge is -2.44. The molecule has 2 heterocycles. The van der Waals surface area contributed by atoms with Gasteiger partial charge in [0.15, 0.2) is 0 Å². The van der Waals surface area contributed by atoms with Gasteiger partial charge in [-0.1, -0.05) is 32.9 Å². The first-order chi connectivity index (χ1) is 13.7. The van der Waals surface area contributed by atoms with Gasteiger partial charge in [-0.2, -0.15) is 0 Å². The highest BCUT2D eigenvalue weighted by molar-refractivity contribution is 6.07. The highest BCUT2D eigenvalue weighted by Crippen LogP contribution is 2.46. The molecule has 4 rings (SSSR count). The van der Waals surface area contributed by atoms with Crippen LogP contribution >= 0.6 is 0 Å². The van der Waals surface area contributed by atoms with Crippen molar-refractivity contribution in [1.29, 1.82) is 0 Å². The first-order valence-corrected chi connectivity index (χ1v) is 10.9. The van der Waals surface area contributed by atoms with Crippen molar-refractivity contribution in [1.82, 2.24) is 15.1 Å². The van der Waals surface area contributed by atoms with Crippen LogP contribution in [0.15, 0.2) is 24.3 Å². The predicted molar refractivity (Wildman–Crippen MR) is 115 cm³/mol. The normalized spacial score (nSPS) is 30.1. The van der Waals surface area contributed by atoms with E-state index in [0.29, 0.717) is 12.6 Å². The fraction of sp³-hybridized carbons (Fsp3) is 0.652. The van der Waals surface area contributed by atoms with Crippen molar-refractivity contribution < 1.29 is 9.59 Å². The molecule has 2 unspecified atom stereocenters. The van der Waals surface area contributed by atoms with Crippen molar-refractivity contribution in [3.05, 3.63) is 29.8 Å². The molecule has 2 aliphatic heterocycles. The minimum Gasteiger partial charge on any atom is -0.369 e. The molecule has 158 valence electrons. The van der Waals surface area contributed by atoms with E-state index in [4.69, 9.17) is 0 Å². The van der Waals surface area contributed by atoms with Gasteiger partial charge in [0, 0.05) is 31.9 Å². The van der Waals surface area contributed by atoms with Gasteiger partial charge in [-0.3, -0.25) is 9.69 Å². The lowest BCUT2D eigenvalue weighted by atomic mass is 9.64. The summed E-state index contributed by atoms with van der Waals surface area (Å²) in [5, 5.41) is 3.09. The maximum Gasteiger partial charge on any atom is 0.326 e. The minimum atomic E-state index is -0.707. The van der Waals surface area contributed by atoms with Crippen LogP contribution in [-0.2, 0) is 4.79 Å². The van der Waals surface area contributed by atoms with E-state index in [1.165, 1.54) is 16.2 Å². The molecule has 3 aliphatic rings. The molecule has 0 radical (unpaired) electrons. The molecule has 2 atom stereocenters. The van der Waals surface area contributed by atoms with E-state index in [1.807, 2.05) is 0 Å². The second-order valence-corrected chi connectivity index (χ2v) is 10.2. The summed E-state index contributed by atoms with van der Waals surface area (Å²) in [6, 6.07) is 8.34. The van der Waals surface area contributed by atoms with Gasteiger partial charge in [0.1, 0.15) is 5.54 Å². The molecule has 1 N–H and O–H groups in total. The van der Waals surface area contributed by atoms with Crippen LogP contribution in [-0.4, -0.2) is 60.1 Å². The lowest BCUT2D eigenvalue weighted by molar-refractivity contribution is -0.136. The third-order valence-electron chi connectivity index (χ3n) is 6.70. The molecule has 0 aromatic heterocycles. The Morgan fingerprint density at radius 1 is 1.10 bits per heavy atom. The topological polar surface area (TPSA) is 55.9 Å². The van der Waals surface area contributed by atoms with Gasteiger partial charge < -0.3 is 10.2 Å². The summed E-state index contributed by atoms with van der Waals surface area (Å²) < 4.78 is 0. The number of hydrogen-bond acceptors (Lipinski definition) is 4. The average Bonchev–Trinajstić information content (AvgIpc) is 2.84. The van der Waals surface area contributed by atoms with Crippen LogP contribution in [0.1, 0.15) is 45.6 Å². The van der Waals surface area contributed by atoms with E-state index >= 15 is 0 Å². The van der Waals surface area contributed by atoms with E-state index in [-0.39, 0.29) is 17.4 Å². The number of anilines is 1. The summed E-state index contributed by atoms with van der Waals surface area (Å²) in [4.78, 5) is 32.1. The molecule has 6 heteroatoms. The summed E-state index contributed by atoms with van der Waals surface area (Å²) in [6.07, 6.45) is 2.57. The van der Waals surface area contributed by atoms with Gasteiger partial charge in [-0.15, -0.1) is 0 Å². The van der Waals surface area contributed by atoms with Crippen molar-refractivity contribution in [2.75, 3.05) is 37.7 Å². The number of nitrogens with one attached hydrogen (secondary N) is 1. The Morgan fingerprint density at radius 2 is 1.83 bits per heavy atom. The predicted octanol–water partition coefficient (Wildman–Crippen LogP) is 3.21. The zero-order chi connectivity index (χ0) is 20.8. The Labute approximate surface area is 174 Å². The summed E-state index contributed by atoms with van der Waals surface area (Å²) in [6.45, 7) is 12.6. The van der Waals surface area contributed by atoms with Crippen LogP contribution in [0.25, 0.3) is 0 Å². The molecule has 1 spiro atoms. The van der Waals surface area contributed by atoms with Crippen molar-refractivity contribution in [2.45, 2.75) is 52.5 Å². The lowest BCUT2D eigenvalue weighted by Crippen LogP contribution is -2.55.